The molecule has 3 heteroatoms. The van der Waals surface area contributed by atoms with Crippen LogP contribution in [-0.2, 0) is 4.79 Å². The van der Waals surface area contributed by atoms with Crippen LogP contribution in [0.5, 0.6) is 0 Å². The van der Waals surface area contributed by atoms with E-state index >= 15 is 0 Å². The zero-order valence-electron chi connectivity index (χ0n) is 10.2. The molecule has 84 valence electrons. The van der Waals surface area contributed by atoms with Crippen LogP contribution >= 0.6 is 0 Å². The lowest BCUT2D eigenvalue weighted by atomic mass is 9.92. The third-order valence-corrected chi connectivity index (χ3v) is 2.36. The standard InChI is InChI=1S/C11H23NO2/c1-7-12(8-10(2,3)4)11(5,6)9(13)14/h7-8H2,1-6H3,(H,13,14). The summed E-state index contributed by atoms with van der Waals surface area (Å²) >= 11 is 0. The first-order chi connectivity index (χ1) is 6.11. The van der Waals surface area contributed by atoms with Gasteiger partial charge < -0.3 is 5.11 Å². The minimum absolute atomic E-state index is 0.128. The van der Waals surface area contributed by atoms with Crippen LogP contribution in [0.2, 0.25) is 0 Å². The minimum Gasteiger partial charge on any atom is -0.480 e. The number of hydrogen-bond acceptors (Lipinski definition) is 2. The van der Waals surface area contributed by atoms with Crippen LogP contribution < -0.4 is 0 Å². The molecule has 0 saturated heterocycles. The molecular formula is C11H23NO2. The third kappa shape index (κ3) is 3.66. The normalized spacial score (nSPS) is 13.4. The lowest BCUT2D eigenvalue weighted by Crippen LogP contribution is -2.52. The van der Waals surface area contributed by atoms with E-state index in [-0.39, 0.29) is 5.41 Å². The lowest BCUT2D eigenvalue weighted by molar-refractivity contribution is -0.150. The van der Waals surface area contributed by atoms with Crippen molar-refractivity contribution < 1.29 is 9.90 Å². The van der Waals surface area contributed by atoms with Crippen LogP contribution in [0.25, 0.3) is 0 Å². The van der Waals surface area contributed by atoms with Crippen molar-refractivity contribution in [1.29, 1.82) is 0 Å². The molecule has 0 unspecified atom stereocenters. The highest BCUT2D eigenvalue weighted by molar-refractivity contribution is 5.77. The molecule has 0 aliphatic rings. The Kier molecular flexibility index (Phi) is 4.13. The van der Waals surface area contributed by atoms with E-state index in [0.717, 1.165) is 13.1 Å². The molecule has 0 saturated carbocycles. The summed E-state index contributed by atoms with van der Waals surface area (Å²) < 4.78 is 0. The van der Waals surface area contributed by atoms with Crippen molar-refractivity contribution in [1.82, 2.24) is 4.90 Å². The first-order valence-electron chi connectivity index (χ1n) is 5.09. The summed E-state index contributed by atoms with van der Waals surface area (Å²) in [6, 6.07) is 0. The number of aliphatic carboxylic acids is 1. The number of hydrogen-bond donors (Lipinski definition) is 1. The van der Waals surface area contributed by atoms with E-state index < -0.39 is 11.5 Å². The second-order valence-corrected chi connectivity index (χ2v) is 5.44. The highest BCUT2D eigenvalue weighted by atomic mass is 16.4. The van der Waals surface area contributed by atoms with Gasteiger partial charge >= 0.3 is 5.97 Å². The van der Waals surface area contributed by atoms with Crippen molar-refractivity contribution in [3.05, 3.63) is 0 Å². The second kappa shape index (κ2) is 4.30. The highest BCUT2D eigenvalue weighted by Crippen LogP contribution is 2.22. The fraction of sp³-hybridized carbons (Fsp3) is 0.909. The fourth-order valence-corrected chi connectivity index (χ4v) is 1.41. The van der Waals surface area contributed by atoms with E-state index in [2.05, 4.69) is 20.8 Å². The van der Waals surface area contributed by atoms with E-state index in [1.807, 2.05) is 11.8 Å². The van der Waals surface area contributed by atoms with Gasteiger partial charge in [-0.1, -0.05) is 27.7 Å². The first kappa shape index (κ1) is 13.4. The maximum atomic E-state index is 11.1. The molecule has 0 bridgehead atoms. The van der Waals surface area contributed by atoms with Crippen LogP contribution in [0.15, 0.2) is 0 Å². The summed E-state index contributed by atoms with van der Waals surface area (Å²) in [6.45, 7) is 13.4. The molecule has 0 atom stereocenters. The van der Waals surface area contributed by atoms with Gasteiger partial charge in [0, 0.05) is 6.54 Å². The molecule has 0 aromatic rings. The van der Waals surface area contributed by atoms with Crippen LogP contribution in [0.4, 0.5) is 0 Å². The van der Waals surface area contributed by atoms with E-state index in [0.29, 0.717) is 0 Å². The van der Waals surface area contributed by atoms with Gasteiger partial charge in [0.15, 0.2) is 0 Å². The molecule has 0 fully saturated rings. The van der Waals surface area contributed by atoms with Gasteiger partial charge in [-0.05, 0) is 25.8 Å². The van der Waals surface area contributed by atoms with Crippen LogP contribution in [0.3, 0.4) is 0 Å². The number of carboxylic acids is 1. The fourth-order valence-electron chi connectivity index (χ4n) is 1.41. The Morgan fingerprint density at radius 3 is 1.86 bits per heavy atom. The van der Waals surface area contributed by atoms with E-state index in [9.17, 15) is 4.79 Å². The van der Waals surface area contributed by atoms with Crippen molar-refractivity contribution in [2.45, 2.75) is 47.1 Å². The Morgan fingerprint density at radius 1 is 1.21 bits per heavy atom. The summed E-state index contributed by atoms with van der Waals surface area (Å²) in [4.78, 5) is 13.1. The summed E-state index contributed by atoms with van der Waals surface area (Å²) in [6.07, 6.45) is 0. The Labute approximate surface area is 87.1 Å². The van der Waals surface area contributed by atoms with Gasteiger partial charge in [-0.25, -0.2) is 0 Å². The smallest absolute Gasteiger partial charge is 0.323 e. The Morgan fingerprint density at radius 2 is 1.64 bits per heavy atom. The zero-order valence-corrected chi connectivity index (χ0v) is 10.2. The van der Waals surface area contributed by atoms with Gasteiger partial charge in [0.05, 0.1) is 0 Å². The number of carbonyl (C=O) groups is 1. The highest BCUT2D eigenvalue weighted by Gasteiger charge is 2.35. The average Bonchev–Trinajstić information content (AvgIpc) is 1.97. The third-order valence-electron chi connectivity index (χ3n) is 2.36. The van der Waals surface area contributed by atoms with Gasteiger partial charge in [0.2, 0.25) is 0 Å². The number of nitrogens with zero attached hydrogens (tertiary/aromatic N) is 1. The monoisotopic (exact) mass is 201 g/mol. The molecule has 0 aliphatic carbocycles. The second-order valence-electron chi connectivity index (χ2n) is 5.44. The Balaban J connectivity index is 4.65. The van der Waals surface area contributed by atoms with Crippen molar-refractivity contribution >= 4 is 5.97 Å². The predicted molar refractivity (Wildman–Crippen MR) is 58.4 cm³/mol. The maximum Gasteiger partial charge on any atom is 0.323 e. The summed E-state index contributed by atoms with van der Waals surface area (Å²) in [5, 5.41) is 9.10. The number of likely N-dealkylation sites (N-methyl/N-ethyl adjacent to an activating group) is 1. The Hall–Kier alpha value is -0.570. The van der Waals surface area contributed by atoms with Gasteiger partial charge in [-0.15, -0.1) is 0 Å². The minimum atomic E-state index is -0.776. The molecule has 0 rings (SSSR count). The quantitative estimate of drug-likeness (QED) is 0.758. The molecule has 3 nitrogen and oxygen atoms in total. The molecule has 0 radical (unpaired) electrons. The first-order valence-corrected chi connectivity index (χ1v) is 5.09. The molecule has 0 aliphatic heterocycles. The van der Waals surface area contributed by atoms with Crippen LogP contribution in [-0.4, -0.2) is 34.6 Å². The SMILES string of the molecule is CCN(CC(C)(C)C)C(C)(C)C(=O)O. The maximum absolute atomic E-state index is 11.1. The molecule has 0 spiro atoms. The average molecular weight is 201 g/mol. The van der Waals surface area contributed by atoms with Gasteiger partial charge in [-0.2, -0.15) is 0 Å². The summed E-state index contributed by atoms with van der Waals surface area (Å²) in [5.41, 5.74) is -0.648. The van der Waals surface area contributed by atoms with Crippen molar-refractivity contribution in [3.8, 4) is 0 Å². The molecular weight excluding hydrogens is 178 g/mol. The zero-order chi connectivity index (χ0) is 11.6. The van der Waals surface area contributed by atoms with Crippen molar-refractivity contribution in [2.24, 2.45) is 5.41 Å². The predicted octanol–water partition coefficient (Wildman–Crippen LogP) is 2.22. The Bertz CT molecular complexity index is 204. The molecule has 0 aromatic heterocycles. The van der Waals surface area contributed by atoms with Gasteiger partial charge in [-0.3, -0.25) is 9.69 Å². The van der Waals surface area contributed by atoms with Crippen LogP contribution in [0.1, 0.15) is 41.5 Å². The largest absolute Gasteiger partial charge is 0.480 e. The van der Waals surface area contributed by atoms with Gasteiger partial charge in [0.1, 0.15) is 5.54 Å². The van der Waals surface area contributed by atoms with Crippen molar-refractivity contribution in [3.63, 3.8) is 0 Å². The molecule has 0 amide bonds. The van der Waals surface area contributed by atoms with E-state index in [4.69, 9.17) is 5.11 Å². The van der Waals surface area contributed by atoms with Gasteiger partial charge in [0.25, 0.3) is 0 Å². The van der Waals surface area contributed by atoms with E-state index in [1.54, 1.807) is 13.8 Å². The molecule has 1 N–H and O–H groups in total. The topological polar surface area (TPSA) is 40.5 Å². The molecule has 0 aromatic carbocycles. The van der Waals surface area contributed by atoms with Crippen LogP contribution in [0, 0.1) is 5.41 Å². The number of rotatable bonds is 4. The van der Waals surface area contributed by atoms with Crippen molar-refractivity contribution in [2.75, 3.05) is 13.1 Å². The number of carboxylic acid groups (broad SMARTS) is 1. The summed E-state index contributed by atoms with van der Waals surface area (Å²) in [5.74, 6) is -0.761. The molecule has 0 heterocycles. The molecule has 14 heavy (non-hydrogen) atoms. The lowest BCUT2D eigenvalue weighted by Gasteiger charge is -2.38. The van der Waals surface area contributed by atoms with E-state index in [1.165, 1.54) is 0 Å². The summed E-state index contributed by atoms with van der Waals surface area (Å²) in [7, 11) is 0.